The van der Waals surface area contributed by atoms with Crippen LogP contribution in [0.3, 0.4) is 0 Å². The van der Waals surface area contributed by atoms with Crippen LogP contribution in [-0.4, -0.2) is 96.4 Å². The van der Waals surface area contributed by atoms with Crippen LogP contribution in [0.2, 0.25) is 0 Å². The molecule has 164 valence electrons. The fourth-order valence-electron chi connectivity index (χ4n) is 3.66. The molecule has 11 heteroatoms. The molecule has 0 unspecified atom stereocenters. The molecule has 2 aliphatic heterocycles. The van der Waals surface area contributed by atoms with Gasteiger partial charge < -0.3 is 9.42 Å². The van der Waals surface area contributed by atoms with E-state index in [-0.39, 0.29) is 5.82 Å². The smallest absolute Gasteiger partial charge is 0.282 e. The van der Waals surface area contributed by atoms with Crippen molar-refractivity contribution in [1.29, 1.82) is 0 Å². The summed E-state index contributed by atoms with van der Waals surface area (Å²) in [4.78, 5) is 8.58. The highest BCUT2D eigenvalue weighted by Crippen LogP contribution is 2.20. The van der Waals surface area contributed by atoms with E-state index in [4.69, 9.17) is 4.52 Å². The highest BCUT2D eigenvalue weighted by molar-refractivity contribution is 7.86. The van der Waals surface area contributed by atoms with Gasteiger partial charge in [-0.15, -0.1) is 0 Å². The normalized spacial score (nSPS) is 20.6. The van der Waals surface area contributed by atoms with E-state index in [9.17, 15) is 12.8 Å². The second-order valence-corrected chi connectivity index (χ2v) is 9.79. The Bertz CT molecular complexity index is 982. The molecule has 0 N–H and O–H groups in total. The average molecular weight is 439 g/mol. The van der Waals surface area contributed by atoms with Gasteiger partial charge in [0.2, 0.25) is 11.7 Å². The molecule has 2 aliphatic rings. The third-order valence-electron chi connectivity index (χ3n) is 5.70. The van der Waals surface area contributed by atoms with E-state index < -0.39 is 10.2 Å². The first-order valence-electron chi connectivity index (χ1n) is 10.1. The van der Waals surface area contributed by atoms with Gasteiger partial charge in [0.1, 0.15) is 5.82 Å². The second-order valence-electron chi connectivity index (χ2n) is 7.86. The summed E-state index contributed by atoms with van der Waals surface area (Å²) >= 11 is 0. The topological polar surface area (TPSA) is 86.0 Å². The van der Waals surface area contributed by atoms with Gasteiger partial charge in [-0.2, -0.15) is 22.0 Å². The van der Waals surface area contributed by atoms with Crippen molar-refractivity contribution in [3.05, 3.63) is 35.5 Å². The maximum atomic E-state index is 13.8. The third-order valence-corrected chi connectivity index (χ3v) is 7.74. The molecular weight excluding hydrogens is 411 g/mol. The number of aromatic nitrogens is 2. The summed E-state index contributed by atoms with van der Waals surface area (Å²) in [5, 5.41) is 3.95. The van der Waals surface area contributed by atoms with Crippen LogP contribution in [0.1, 0.15) is 11.5 Å². The lowest BCUT2D eigenvalue weighted by Crippen LogP contribution is -2.56. The summed E-state index contributed by atoms with van der Waals surface area (Å²) in [6.07, 6.45) is 0. The van der Waals surface area contributed by atoms with Gasteiger partial charge in [-0.3, -0.25) is 4.90 Å². The maximum absolute atomic E-state index is 13.8. The van der Waals surface area contributed by atoms with Crippen molar-refractivity contribution in [2.24, 2.45) is 0 Å². The van der Waals surface area contributed by atoms with Crippen molar-refractivity contribution in [3.63, 3.8) is 0 Å². The Morgan fingerprint density at radius 2 is 1.67 bits per heavy atom. The standard InChI is InChI=1S/C19H27FN6O3S/c1-15-3-4-16(13-17(15)20)19-21-18(29-22-19)14-24-7-11-26(12-8-24)30(27,28)25-9-5-23(2)6-10-25/h3-4,13H,5-12,14H2,1-2H3. The Morgan fingerprint density at radius 3 is 2.30 bits per heavy atom. The van der Waals surface area contributed by atoms with Crippen molar-refractivity contribution >= 4 is 10.2 Å². The Hall–Kier alpha value is -1.92. The number of nitrogens with zero attached hydrogens (tertiary/aromatic N) is 6. The molecule has 30 heavy (non-hydrogen) atoms. The van der Waals surface area contributed by atoms with Crippen LogP contribution < -0.4 is 0 Å². The number of rotatable bonds is 5. The van der Waals surface area contributed by atoms with Crippen LogP contribution in [0.4, 0.5) is 4.39 Å². The molecule has 2 saturated heterocycles. The highest BCUT2D eigenvalue weighted by atomic mass is 32.2. The minimum absolute atomic E-state index is 0.309. The van der Waals surface area contributed by atoms with Crippen molar-refractivity contribution < 1.29 is 17.3 Å². The van der Waals surface area contributed by atoms with E-state index in [1.807, 2.05) is 7.05 Å². The average Bonchev–Trinajstić information content (AvgIpc) is 3.19. The summed E-state index contributed by atoms with van der Waals surface area (Å²) in [6, 6.07) is 4.84. The summed E-state index contributed by atoms with van der Waals surface area (Å²) in [7, 11) is -1.42. The molecule has 0 atom stereocenters. The molecule has 0 saturated carbocycles. The first-order chi connectivity index (χ1) is 14.3. The fourth-order valence-corrected chi connectivity index (χ4v) is 5.24. The van der Waals surface area contributed by atoms with Crippen LogP contribution in [-0.2, 0) is 16.8 Å². The zero-order valence-electron chi connectivity index (χ0n) is 17.3. The minimum Gasteiger partial charge on any atom is -0.338 e. The molecule has 2 fully saturated rings. The summed E-state index contributed by atoms with van der Waals surface area (Å²) in [5.41, 5.74) is 1.13. The zero-order valence-corrected chi connectivity index (χ0v) is 18.1. The lowest BCUT2D eigenvalue weighted by molar-refractivity contribution is 0.152. The summed E-state index contributed by atoms with van der Waals surface area (Å²) < 4.78 is 48.0. The SMILES string of the molecule is Cc1ccc(-c2noc(CN3CCN(S(=O)(=O)N4CCN(C)CC4)CC3)n2)cc1F. The molecule has 1 aromatic carbocycles. The van der Waals surface area contributed by atoms with Gasteiger partial charge in [0.05, 0.1) is 6.54 Å². The largest absolute Gasteiger partial charge is 0.338 e. The van der Waals surface area contributed by atoms with E-state index in [1.165, 1.54) is 6.07 Å². The number of likely N-dealkylation sites (N-methyl/N-ethyl adjacent to an activating group) is 1. The van der Waals surface area contributed by atoms with Crippen LogP contribution >= 0.6 is 0 Å². The maximum Gasteiger partial charge on any atom is 0.282 e. The number of hydrogen-bond donors (Lipinski definition) is 0. The predicted molar refractivity (Wildman–Crippen MR) is 109 cm³/mol. The molecule has 0 bridgehead atoms. The van der Waals surface area contributed by atoms with Crippen molar-refractivity contribution in [2.45, 2.75) is 13.5 Å². The lowest BCUT2D eigenvalue weighted by atomic mass is 10.1. The first kappa shape index (κ1) is 21.3. The number of aryl methyl sites for hydroxylation is 1. The second kappa shape index (κ2) is 8.67. The highest BCUT2D eigenvalue weighted by Gasteiger charge is 2.34. The first-order valence-corrected chi connectivity index (χ1v) is 11.5. The quantitative estimate of drug-likeness (QED) is 0.682. The number of benzene rings is 1. The Kier molecular flexibility index (Phi) is 6.16. The van der Waals surface area contributed by atoms with Crippen molar-refractivity contribution in [3.8, 4) is 11.4 Å². The predicted octanol–water partition coefficient (Wildman–Crippen LogP) is 0.794. The lowest BCUT2D eigenvalue weighted by Gasteiger charge is -2.38. The fraction of sp³-hybridized carbons (Fsp3) is 0.579. The van der Waals surface area contributed by atoms with Crippen LogP contribution in [0, 0.1) is 12.7 Å². The molecule has 0 spiro atoms. The molecule has 3 heterocycles. The molecule has 1 aromatic heterocycles. The monoisotopic (exact) mass is 438 g/mol. The van der Waals surface area contributed by atoms with Gasteiger partial charge in [-0.1, -0.05) is 17.3 Å². The molecule has 2 aromatic rings. The van der Waals surface area contributed by atoms with Crippen LogP contribution in [0.15, 0.2) is 22.7 Å². The van der Waals surface area contributed by atoms with E-state index in [0.717, 1.165) is 13.1 Å². The van der Waals surface area contributed by atoms with Crippen LogP contribution in [0.5, 0.6) is 0 Å². The zero-order chi connectivity index (χ0) is 21.3. The van der Waals surface area contributed by atoms with Gasteiger partial charge in [0.25, 0.3) is 10.2 Å². The van der Waals surface area contributed by atoms with Gasteiger partial charge in [0.15, 0.2) is 0 Å². The van der Waals surface area contributed by atoms with Crippen molar-refractivity contribution in [2.75, 3.05) is 59.4 Å². The molecular formula is C19H27FN6O3S. The van der Waals surface area contributed by atoms with E-state index in [0.29, 0.717) is 68.7 Å². The van der Waals surface area contributed by atoms with E-state index in [1.54, 1.807) is 27.7 Å². The third kappa shape index (κ3) is 4.54. The number of hydrogen-bond acceptors (Lipinski definition) is 7. The Morgan fingerprint density at radius 1 is 1.03 bits per heavy atom. The van der Waals surface area contributed by atoms with Gasteiger partial charge in [0, 0.05) is 57.9 Å². The van der Waals surface area contributed by atoms with E-state index in [2.05, 4.69) is 19.9 Å². The number of halogens is 1. The van der Waals surface area contributed by atoms with Gasteiger partial charge in [-0.05, 0) is 25.6 Å². The summed E-state index contributed by atoms with van der Waals surface area (Å²) in [5.74, 6) is 0.470. The number of piperazine rings is 2. The molecule has 4 rings (SSSR count). The Balaban J connectivity index is 1.33. The molecule has 0 amide bonds. The molecule has 0 aliphatic carbocycles. The van der Waals surface area contributed by atoms with Gasteiger partial charge >= 0.3 is 0 Å². The van der Waals surface area contributed by atoms with Crippen molar-refractivity contribution in [1.82, 2.24) is 28.6 Å². The Labute approximate surface area is 176 Å². The molecule has 9 nitrogen and oxygen atoms in total. The van der Waals surface area contributed by atoms with Gasteiger partial charge in [-0.25, -0.2) is 4.39 Å². The summed E-state index contributed by atoms with van der Waals surface area (Å²) in [6.45, 7) is 6.74. The van der Waals surface area contributed by atoms with Crippen LogP contribution in [0.25, 0.3) is 11.4 Å². The molecule has 0 radical (unpaired) electrons. The minimum atomic E-state index is -3.42. The van der Waals surface area contributed by atoms with E-state index >= 15 is 0 Å².